The number of nitrogens with one attached hydrogen (secondary N) is 1. The van der Waals surface area contributed by atoms with Crippen LogP contribution in [-0.2, 0) is 23.0 Å². The number of benzene rings is 1. The summed E-state index contributed by atoms with van der Waals surface area (Å²) in [6.07, 6.45) is 5.74. The molecule has 2 heterocycles. The number of primary sulfonamides is 1. The summed E-state index contributed by atoms with van der Waals surface area (Å²) >= 11 is 0. The molecule has 1 aromatic carbocycles. The van der Waals surface area contributed by atoms with Crippen LogP contribution in [0.4, 0.5) is 11.6 Å². The Hall–Kier alpha value is -2.19. The first kappa shape index (κ1) is 20.1. The number of fused-ring (bicyclic) bond motifs is 1. The lowest BCUT2D eigenvalue weighted by Gasteiger charge is -2.31. The second-order valence-corrected chi connectivity index (χ2v) is 9.96. The van der Waals surface area contributed by atoms with Crippen molar-refractivity contribution >= 4 is 21.7 Å². The van der Waals surface area contributed by atoms with Crippen molar-refractivity contribution in [2.24, 2.45) is 5.14 Å². The van der Waals surface area contributed by atoms with E-state index in [0.29, 0.717) is 12.6 Å². The van der Waals surface area contributed by atoms with E-state index in [0.717, 1.165) is 41.6 Å². The maximum Gasteiger partial charge on any atom is 0.238 e. The van der Waals surface area contributed by atoms with Gasteiger partial charge in [-0.15, -0.1) is 0 Å². The normalized spacial score (nSPS) is 17.6. The minimum atomic E-state index is -3.71. The van der Waals surface area contributed by atoms with Crippen LogP contribution >= 0.6 is 0 Å². The van der Waals surface area contributed by atoms with Gasteiger partial charge >= 0.3 is 0 Å². The van der Waals surface area contributed by atoms with E-state index in [-0.39, 0.29) is 10.8 Å². The summed E-state index contributed by atoms with van der Waals surface area (Å²) in [5.41, 5.74) is 2.15. The van der Waals surface area contributed by atoms with Crippen LogP contribution in [0.25, 0.3) is 0 Å². The first-order chi connectivity index (χ1) is 13.8. The fraction of sp³-hybridized carbons (Fsp3) is 0.524. The Morgan fingerprint density at radius 3 is 2.59 bits per heavy atom. The number of sulfonamides is 1. The molecular weight excluding hydrogens is 386 g/mol. The summed E-state index contributed by atoms with van der Waals surface area (Å²) in [4.78, 5) is 11.9. The van der Waals surface area contributed by atoms with E-state index in [4.69, 9.17) is 15.1 Å². The summed E-state index contributed by atoms with van der Waals surface area (Å²) in [5.74, 6) is 2.82. The van der Waals surface area contributed by atoms with Crippen molar-refractivity contribution in [3.8, 4) is 0 Å². The fourth-order valence-electron chi connectivity index (χ4n) is 4.13. The second-order valence-electron chi connectivity index (χ2n) is 8.40. The lowest BCUT2D eigenvalue weighted by Crippen LogP contribution is -2.32. The van der Waals surface area contributed by atoms with Crippen LogP contribution in [0.3, 0.4) is 0 Å². The van der Waals surface area contributed by atoms with E-state index in [2.05, 4.69) is 24.1 Å². The third-order valence-corrected chi connectivity index (χ3v) is 6.71. The molecule has 8 heteroatoms. The van der Waals surface area contributed by atoms with Crippen molar-refractivity contribution in [1.82, 2.24) is 9.97 Å². The van der Waals surface area contributed by atoms with Crippen molar-refractivity contribution in [3.63, 3.8) is 0 Å². The Balaban J connectivity index is 1.63. The molecule has 29 heavy (non-hydrogen) atoms. The Kier molecular flexibility index (Phi) is 5.48. The predicted molar refractivity (Wildman–Crippen MR) is 115 cm³/mol. The monoisotopic (exact) mass is 415 g/mol. The highest BCUT2D eigenvalue weighted by Gasteiger charge is 2.22. The summed E-state index contributed by atoms with van der Waals surface area (Å²) in [6.45, 7) is 5.64. The van der Waals surface area contributed by atoms with Gasteiger partial charge in [-0.3, -0.25) is 0 Å². The number of nitrogens with zero attached hydrogens (tertiary/aromatic N) is 3. The summed E-state index contributed by atoms with van der Waals surface area (Å²) in [6, 6.07) is 7.67. The number of hydrogen-bond acceptors (Lipinski definition) is 6. The molecule has 156 valence electrons. The quantitative estimate of drug-likeness (QED) is 0.778. The van der Waals surface area contributed by atoms with Gasteiger partial charge in [0.2, 0.25) is 10.0 Å². The van der Waals surface area contributed by atoms with Gasteiger partial charge in [-0.1, -0.05) is 32.8 Å². The van der Waals surface area contributed by atoms with Crippen LogP contribution in [0.15, 0.2) is 29.2 Å². The van der Waals surface area contributed by atoms with Gasteiger partial charge in [0.1, 0.15) is 17.5 Å². The van der Waals surface area contributed by atoms with E-state index < -0.39 is 10.0 Å². The second kappa shape index (κ2) is 7.91. The van der Waals surface area contributed by atoms with Crippen LogP contribution in [0.5, 0.6) is 0 Å². The third-order valence-electron chi connectivity index (χ3n) is 5.80. The van der Waals surface area contributed by atoms with Crippen LogP contribution < -0.4 is 15.4 Å². The molecule has 1 fully saturated rings. The molecule has 2 aliphatic rings. The van der Waals surface area contributed by atoms with Gasteiger partial charge in [-0.05, 0) is 42.5 Å². The molecule has 0 unspecified atom stereocenters. The van der Waals surface area contributed by atoms with Crippen molar-refractivity contribution in [3.05, 3.63) is 41.2 Å². The minimum absolute atomic E-state index is 0.159. The highest BCUT2D eigenvalue weighted by Crippen LogP contribution is 2.29. The highest BCUT2D eigenvalue weighted by molar-refractivity contribution is 7.89. The number of nitrogens with two attached hydrogens (primary N) is 1. The first-order valence-corrected chi connectivity index (χ1v) is 11.9. The molecule has 1 aromatic heterocycles. The zero-order valence-corrected chi connectivity index (χ0v) is 17.9. The molecule has 2 aromatic rings. The number of anilines is 2. The number of hydrogen-bond donors (Lipinski definition) is 2. The lowest BCUT2D eigenvalue weighted by atomic mass is 10.00. The summed E-state index contributed by atoms with van der Waals surface area (Å²) < 4.78 is 23.5. The van der Waals surface area contributed by atoms with Crippen LogP contribution in [0, 0.1) is 0 Å². The molecule has 3 N–H and O–H groups in total. The Morgan fingerprint density at radius 2 is 1.90 bits per heavy atom. The number of aromatic nitrogens is 2. The van der Waals surface area contributed by atoms with Gasteiger partial charge in [0.25, 0.3) is 0 Å². The van der Waals surface area contributed by atoms with E-state index >= 15 is 0 Å². The van der Waals surface area contributed by atoms with Gasteiger partial charge in [-0.25, -0.2) is 23.5 Å². The van der Waals surface area contributed by atoms with E-state index in [1.54, 1.807) is 12.1 Å². The third kappa shape index (κ3) is 4.53. The Bertz CT molecular complexity index is 1000. The van der Waals surface area contributed by atoms with Crippen molar-refractivity contribution in [2.45, 2.75) is 69.4 Å². The molecule has 1 aliphatic heterocycles. The fourth-order valence-corrected chi connectivity index (χ4v) is 4.70. The lowest BCUT2D eigenvalue weighted by molar-refractivity contribution is 0.597. The zero-order valence-electron chi connectivity index (χ0n) is 17.1. The predicted octanol–water partition coefficient (Wildman–Crippen LogP) is 3.16. The van der Waals surface area contributed by atoms with E-state index in [1.807, 2.05) is 12.1 Å². The van der Waals surface area contributed by atoms with Gasteiger partial charge < -0.3 is 10.2 Å². The smallest absolute Gasteiger partial charge is 0.238 e. The summed E-state index contributed by atoms with van der Waals surface area (Å²) in [5, 5.41) is 8.91. The SMILES string of the molecule is CC(C)c1nc(NC2CCCC2)cc(N2CCc3ccc(S(N)(=O)=O)cc3C2)n1. The Morgan fingerprint density at radius 1 is 1.14 bits per heavy atom. The standard InChI is InChI=1S/C21H29N5O2S/c1-14(2)21-24-19(23-17-5-3-4-6-17)12-20(25-21)26-10-9-15-7-8-18(29(22,27)28)11-16(15)13-26/h7-8,11-12,14,17H,3-6,9-10,13H2,1-2H3,(H2,22,27,28)(H,23,24,25). The van der Waals surface area contributed by atoms with Gasteiger partial charge in [0.15, 0.2) is 0 Å². The van der Waals surface area contributed by atoms with Gasteiger partial charge in [0, 0.05) is 31.1 Å². The van der Waals surface area contributed by atoms with E-state index in [1.165, 1.54) is 25.7 Å². The van der Waals surface area contributed by atoms with Gasteiger partial charge in [-0.2, -0.15) is 0 Å². The molecule has 0 radical (unpaired) electrons. The average Bonchev–Trinajstić information content (AvgIpc) is 3.19. The average molecular weight is 416 g/mol. The topological polar surface area (TPSA) is 101 Å². The van der Waals surface area contributed by atoms with Crippen LogP contribution in [0.2, 0.25) is 0 Å². The highest BCUT2D eigenvalue weighted by atomic mass is 32.2. The minimum Gasteiger partial charge on any atom is -0.367 e. The maximum atomic E-state index is 11.7. The molecular formula is C21H29N5O2S. The molecule has 1 aliphatic carbocycles. The largest absolute Gasteiger partial charge is 0.367 e. The molecule has 0 bridgehead atoms. The molecule has 0 amide bonds. The van der Waals surface area contributed by atoms with Crippen molar-refractivity contribution in [2.75, 3.05) is 16.8 Å². The van der Waals surface area contributed by atoms with Crippen LogP contribution in [-0.4, -0.2) is 31.0 Å². The van der Waals surface area contributed by atoms with E-state index in [9.17, 15) is 8.42 Å². The van der Waals surface area contributed by atoms with Crippen molar-refractivity contribution < 1.29 is 8.42 Å². The first-order valence-electron chi connectivity index (χ1n) is 10.3. The molecule has 0 saturated heterocycles. The summed E-state index contributed by atoms with van der Waals surface area (Å²) in [7, 11) is -3.71. The molecule has 1 saturated carbocycles. The molecule has 4 rings (SSSR count). The van der Waals surface area contributed by atoms with Crippen molar-refractivity contribution in [1.29, 1.82) is 0 Å². The van der Waals surface area contributed by atoms with Gasteiger partial charge in [0.05, 0.1) is 4.90 Å². The Labute approximate surface area is 172 Å². The molecule has 0 spiro atoms. The van der Waals surface area contributed by atoms with Crippen LogP contribution in [0.1, 0.15) is 62.4 Å². The molecule has 0 atom stereocenters. The number of rotatable bonds is 5. The zero-order chi connectivity index (χ0) is 20.6. The molecule has 7 nitrogen and oxygen atoms in total. The maximum absolute atomic E-state index is 11.7.